The number of hydrogen-bond acceptors (Lipinski definition) is 5. The maximum Gasteiger partial charge on any atom is 0.245 e. The highest BCUT2D eigenvalue weighted by molar-refractivity contribution is 6.02. The SMILES string of the molecule is CCCCNC(=O)C1N(CCCCCO)C(=O)[C@@H]2[C@H](C(=O)Nc3ccccc3)[C@@]3(C)OC12CC3C. The van der Waals surface area contributed by atoms with E-state index in [0.29, 0.717) is 38.0 Å². The summed E-state index contributed by atoms with van der Waals surface area (Å²) in [6, 6.07) is 8.47. The molecular formula is C27H39N3O5. The average Bonchev–Trinajstić information content (AvgIpc) is 3.34. The van der Waals surface area contributed by atoms with Crippen molar-refractivity contribution < 1.29 is 24.2 Å². The second-order valence-electron chi connectivity index (χ2n) is 10.5. The molecule has 8 nitrogen and oxygen atoms in total. The van der Waals surface area contributed by atoms with Crippen LogP contribution in [0, 0.1) is 17.8 Å². The van der Waals surface area contributed by atoms with Gasteiger partial charge in [0.1, 0.15) is 11.6 Å². The van der Waals surface area contributed by atoms with Gasteiger partial charge in [-0.15, -0.1) is 0 Å². The molecule has 8 heteroatoms. The van der Waals surface area contributed by atoms with Gasteiger partial charge in [0, 0.05) is 25.4 Å². The Bertz CT molecular complexity index is 940. The van der Waals surface area contributed by atoms with Gasteiger partial charge in [-0.25, -0.2) is 0 Å². The fraction of sp³-hybridized carbons (Fsp3) is 0.667. The van der Waals surface area contributed by atoms with Crippen molar-refractivity contribution in [3.63, 3.8) is 0 Å². The van der Waals surface area contributed by atoms with E-state index in [4.69, 9.17) is 9.84 Å². The molecule has 3 saturated heterocycles. The number of unbranched alkanes of at least 4 members (excludes halogenated alkanes) is 3. The van der Waals surface area contributed by atoms with Gasteiger partial charge in [-0.05, 0) is 57.1 Å². The molecule has 1 aromatic carbocycles. The molecule has 0 radical (unpaired) electrons. The van der Waals surface area contributed by atoms with E-state index in [2.05, 4.69) is 17.6 Å². The van der Waals surface area contributed by atoms with Crippen molar-refractivity contribution in [3.05, 3.63) is 30.3 Å². The van der Waals surface area contributed by atoms with E-state index in [9.17, 15) is 14.4 Å². The molecule has 3 N–H and O–H groups in total. The molecule has 3 aliphatic heterocycles. The van der Waals surface area contributed by atoms with Gasteiger partial charge in [0.05, 0.1) is 17.4 Å². The zero-order chi connectivity index (χ0) is 25.2. The fourth-order valence-corrected chi connectivity index (χ4v) is 6.48. The zero-order valence-electron chi connectivity index (χ0n) is 21.1. The van der Waals surface area contributed by atoms with Gasteiger partial charge >= 0.3 is 0 Å². The van der Waals surface area contributed by atoms with Gasteiger partial charge in [0.2, 0.25) is 17.7 Å². The summed E-state index contributed by atoms with van der Waals surface area (Å²) >= 11 is 0. The van der Waals surface area contributed by atoms with Crippen molar-refractivity contribution in [2.75, 3.05) is 25.0 Å². The van der Waals surface area contributed by atoms with E-state index in [1.54, 1.807) is 4.90 Å². The molecule has 6 atom stereocenters. The predicted octanol–water partition coefficient (Wildman–Crippen LogP) is 2.71. The molecule has 0 aromatic heterocycles. The second kappa shape index (κ2) is 10.3. The first-order valence-electron chi connectivity index (χ1n) is 13.0. The number of rotatable bonds is 11. The molecule has 3 aliphatic rings. The van der Waals surface area contributed by atoms with Crippen LogP contribution in [0.15, 0.2) is 30.3 Å². The highest BCUT2D eigenvalue weighted by Crippen LogP contribution is 2.65. The minimum absolute atomic E-state index is 0.0124. The lowest BCUT2D eigenvalue weighted by Gasteiger charge is -2.36. The van der Waals surface area contributed by atoms with Gasteiger partial charge in [0.25, 0.3) is 0 Å². The van der Waals surface area contributed by atoms with E-state index in [0.717, 1.165) is 19.3 Å². The summed E-state index contributed by atoms with van der Waals surface area (Å²) in [6.45, 7) is 7.09. The van der Waals surface area contributed by atoms with E-state index >= 15 is 0 Å². The van der Waals surface area contributed by atoms with Crippen molar-refractivity contribution in [3.8, 4) is 0 Å². The van der Waals surface area contributed by atoms with Gasteiger partial charge in [-0.1, -0.05) is 38.5 Å². The number of ether oxygens (including phenoxy) is 1. The molecule has 0 saturated carbocycles. The summed E-state index contributed by atoms with van der Waals surface area (Å²) < 4.78 is 6.70. The smallest absolute Gasteiger partial charge is 0.245 e. The monoisotopic (exact) mass is 485 g/mol. The standard InChI is InChI=1S/C27H39N3O5/c1-4-5-14-28-24(33)22-27-17-18(2)26(3,35-27)20(23(32)29-19-12-8-6-9-13-19)21(27)25(34)30(22)15-10-7-11-16-31/h6,8-9,12-13,18,20-22,31H,4-5,7,10-11,14-17H2,1-3H3,(H,28,33)(H,29,32)/t18?,20-,21+,22?,26+,27?/m1/s1. The Hall–Kier alpha value is -2.45. The summed E-state index contributed by atoms with van der Waals surface area (Å²) in [5.74, 6) is -1.99. The van der Waals surface area contributed by atoms with Crippen LogP contribution in [0.2, 0.25) is 0 Å². The summed E-state index contributed by atoms with van der Waals surface area (Å²) in [7, 11) is 0. The lowest BCUT2D eigenvalue weighted by molar-refractivity contribution is -0.146. The van der Waals surface area contributed by atoms with Crippen LogP contribution >= 0.6 is 0 Å². The highest BCUT2D eigenvalue weighted by atomic mass is 16.5. The second-order valence-corrected chi connectivity index (χ2v) is 10.5. The number of aliphatic hydroxyl groups is 1. The number of fused-ring (bicyclic) bond motifs is 1. The Morgan fingerprint density at radius 3 is 2.57 bits per heavy atom. The molecule has 3 unspecified atom stereocenters. The minimum Gasteiger partial charge on any atom is -0.396 e. The first-order valence-corrected chi connectivity index (χ1v) is 13.0. The number of likely N-dealkylation sites (tertiary alicyclic amines) is 1. The molecule has 3 amide bonds. The number of anilines is 1. The van der Waals surface area contributed by atoms with Crippen molar-refractivity contribution in [2.24, 2.45) is 17.8 Å². The van der Waals surface area contributed by atoms with Crippen LogP contribution in [-0.2, 0) is 19.1 Å². The molecule has 3 fully saturated rings. The lowest BCUT2D eigenvalue weighted by atomic mass is 9.62. The van der Waals surface area contributed by atoms with Crippen LogP contribution in [0.1, 0.15) is 59.3 Å². The summed E-state index contributed by atoms with van der Waals surface area (Å²) in [6.07, 6.45) is 4.47. The third kappa shape index (κ3) is 4.35. The molecule has 35 heavy (non-hydrogen) atoms. The number of carbonyl (C=O) groups is 3. The van der Waals surface area contributed by atoms with Gasteiger partial charge in [-0.3, -0.25) is 14.4 Å². The minimum atomic E-state index is -1.02. The molecule has 1 spiro atoms. The number of carbonyl (C=O) groups excluding carboxylic acids is 3. The molecule has 1 aromatic rings. The maximum absolute atomic E-state index is 13.9. The number of amides is 3. The van der Waals surface area contributed by atoms with Crippen molar-refractivity contribution >= 4 is 23.4 Å². The van der Waals surface area contributed by atoms with Crippen molar-refractivity contribution in [1.29, 1.82) is 0 Å². The van der Waals surface area contributed by atoms with Crippen LogP contribution in [0.25, 0.3) is 0 Å². The fourth-order valence-electron chi connectivity index (χ4n) is 6.48. The van der Waals surface area contributed by atoms with Crippen LogP contribution in [0.5, 0.6) is 0 Å². The first-order chi connectivity index (χ1) is 16.8. The van der Waals surface area contributed by atoms with Crippen molar-refractivity contribution in [1.82, 2.24) is 10.2 Å². The summed E-state index contributed by atoms with van der Waals surface area (Å²) in [5, 5.41) is 15.2. The van der Waals surface area contributed by atoms with Gasteiger partial charge in [-0.2, -0.15) is 0 Å². The first kappa shape index (κ1) is 25.6. The van der Waals surface area contributed by atoms with Crippen LogP contribution in [0.4, 0.5) is 5.69 Å². The number of nitrogens with one attached hydrogen (secondary N) is 2. The zero-order valence-corrected chi connectivity index (χ0v) is 21.1. The molecular weight excluding hydrogens is 446 g/mol. The van der Waals surface area contributed by atoms with Gasteiger partial charge in [0.15, 0.2) is 0 Å². The third-order valence-corrected chi connectivity index (χ3v) is 8.27. The van der Waals surface area contributed by atoms with Crippen LogP contribution in [-0.4, -0.2) is 64.7 Å². The molecule has 2 bridgehead atoms. The largest absolute Gasteiger partial charge is 0.396 e. The lowest BCUT2D eigenvalue weighted by Crippen LogP contribution is -2.55. The number of hydrogen-bond donors (Lipinski definition) is 3. The van der Waals surface area contributed by atoms with E-state index in [1.807, 2.05) is 44.2 Å². The summed E-state index contributed by atoms with van der Waals surface area (Å²) in [5.41, 5.74) is -1.17. The number of nitrogens with zero attached hydrogens (tertiary/aromatic N) is 1. The Morgan fingerprint density at radius 2 is 1.89 bits per heavy atom. The average molecular weight is 486 g/mol. The summed E-state index contributed by atoms with van der Waals surface area (Å²) in [4.78, 5) is 42.8. The molecule has 3 heterocycles. The number of benzene rings is 1. The van der Waals surface area contributed by atoms with E-state index in [-0.39, 0.29) is 30.2 Å². The predicted molar refractivity (Wildman–Crippen MR) is 132 cm³/mol. The Labute approximate surface area is 207 Å². The topological polar surface area (TPSA) is 108 Å². The molecule has 192 valence electrons. The Kier molecular flexibility index (Phi) is 7.52. The highest BCUT2D eigenvalue weighted by Gasteiger charge is 2.79. The van der Waals surface area contributed by atoms with E-state index in [1.165, 1.54) is 0 Å². The quantitative estimate of drug-likeness (QED) is 0.418. The van der Waals surface area contributed by atoms with Crippen LogP contribution in [0.3, 0.4) is 0 Å². The maximum atomic E-state index is 13.9. The van der Waals surface area contributed by atoms with Gasteiger partial charge < -0.3 is 25.4 Å². The number of para-hydroxylation sites is 1. The third-order valence-electron chi connectivity index (χ3n) is 8.27. The van der Waals surface area contributed by atoms with E-state index < -0.39 is 29.1 Å². The van der Waals surface area contributed by atoms with Crippen LogP contribution < -0.4 is 10.6 Å². The molecule has 0 aliphatic carbocycles. The number of aliphatic hydroxyl groups excluding tert-OH is 1. The Balaban J connectivity index is 1.66. The Morgan fingerprint density at radius 1 is 1.14 bits per heavy atom. The normalized spacial score (nSPS) is 33.1. The van der Waals surface area contributed by atoms with Crippen molar-refractivity contribution in [2.45, 2.75) is 76.5 Å². The molecule has 4 rings (SSSR count).